The van der Waals surface area contributed by atoms with E-state index < -0.39 is 11.8 Å². The first-order valence-electron chi connectivity index (χ1n) is 8.51. The number of carbonyl (C=O) groups is 1. The largest absolute Gasteiger partial charge is 0.368 e. The number of nitrogen functional groups attached to an aromatic ring is 1. The van der Waals surface area contributed by atoms with Gasteiger partial charge in [0.1, 0.15) is 5.82 Å². The highest BCUT2D eigenvalue weighted by atomic mass is 19.1. The van der Waals surface area contributed by atoms with Crippen LogP contribution < -0.4 is 5.73 Å². The van der Waals surface area contributed by atoms with Gasteiger partial charge in [0.2, 0.25) is 11.9 Å². The zero-order valence-corrected chi connectivity index (χ0v) is 14.5. The van der Waals surface area contributed by atoms with E-state index in [-0.39, 0.29) is 24.1 Å². The number of ketones is 1. The third-order valence-electron chi connectivity index (χ3n) is 4.78. The summed E-state index contributed by atoms with van der Waals surface area (Å²) < 4.78 is 27.5. The van der Waals surface area contributed by atoms with Gasteiger partial charge in [-0.1, -0.05) is 12.1 Å². The van der Waals surface area contributed by atoms with E-state index in [1.54, 1.807) is 19.1 Å². The highest BCUT2D eigenvalue weighted by molar-refractivity contribution is 6.00. The van der Waals surface area contributed by atoms with E-state index in [1.165, 1.54) is 24.3 Å². The van der Waals surface area contributed by atoms with Gasteiger partial charge < -0.3 is 5.73 Å². The van der Waals surface area contributed by atoms with Gasteiger partial charge in [-0.2, -0.15) is 4.39 Å². The summed E-state index contributed by atoms with van der Waals surface area (Å²) in [7, 11) is 0. The molecule has 0 fully saturated rings. The third kappa shape index (κ3) is 3.16. The second-order valence-electron chi connectivity index (χ2n) is 6.59. The monoisotopic (exact) mass is 366 g/mol. The van der Waals surface area contributed by atoms with Crippen molar-refractivity contribution in [3.05, 3.63) is 70.7 Å². The van der Waals surface area contributed by atoms with Crippen molar-refractivity contribution >= 4 is 11.7 Å². The molecule has 0 radical (unpaired) electrons. The van der Waals surface area contributed by atoms with E-state index in [0.717, 1.165) is 5.56 Å². The smallest absolute Gasteiger partial charge is 0.220 e. The maximum Gasteiger partial charge on any atom is 0.220 e. The average molecular weight is 366 g/mol. The molecule has 1 aromatic carbocycles. The lowest BCUT2D eigenvalue weighted by Gasteiger charge is -2.26. The number of nitrogens with two attached hydrogens (primary N) is 1. The maximum atomic E-state index is 13.9. The van der Waals surface area contributed by atoms with Gasteiger partial charge in [0.15, 0.2) is 5.78 Å². The average Bonchev–Trinajstić information content (AvgIpc) is 2.60. The zero-order chi connectivity index (χ0) is 19.1. The van der Waals surface area contributed by atoms with Crippen LogP contribution in [0.1, 0.15) is 39.6 Å². The molecule has 1 aliphatic carbocycles. The van der Waals surface area contributed by atoms with Crippen molar-refractivity contribution < 1.29 is 13.6 Å². The number of carbonyl (C=O) groups excluding carboxylic acids is 1. The second kappa shape index (κ2) is 6.50. The van der Waals surface area contributed by atoms with Crippen LogP contribution in [0, 0.1) is 18.7 Å². The predicted octanol–water partition coefficient (Wildman–Crippen LogP) is 3.62. The minimum Gasteiger partial charge on any atom is -0.368 e. The first-order valence-corrected chi connectivity index (χ1v) is 8.51. The van der Waals surface area contributed by atoms with E-state index >= 15 is 0 Å². The van der Waals surface area contributed by atoms with Crippen LogP contribution in [-0.4, -0.2) is 20.7 Å². The Morgan fingerprint density at radius 3 is 2.67 bits per heavy atom. The summed E-state index contributed by atoms with van der Waals surface area (Å²) in [4.78, 5) is 24.9. The molecule has 0 saturated carbocycles. The Morgan fingerprint density at radius 1 is 1.07 bits per heavy atom. The number of aryl methyl sites for hydroxylation is 1. The first-order chi connectivity index (χ1) is 12.9. The Balaban J connectivity index is 1.82. The SMILES string of the molecule is Cc1nc(N)nc2c1C(=O)CC(c1ccc(F)cc1-c1cccc(F)n1)C2. The van der Waals surface area contributed by atoms with Crippen molar-refractivity contribution in [2.45, 2.75) is 25.7 Å². The molecule has 27 heavy (non-hydrogen) atoms. The third-order valence-corrected chi connectivity index (χ3v) is 4.78. The molecule has 1 unspecified atom stereocenters. The van der Waals surface area contributed by atoms with Crippen LogP contribution in [0.2, 0.25) is 0 Å². The van der Waals surface area contributed by atoms with Gasteiger partial charge in [-0.25, -0.2) is 19.3 Å². The van der Waals surface area contributed by atoms with Gasteiger partial charge in [-0.3, -0.25) is 4.79 Å². The zero-order valence-electron chi connectivity index (χ0n) is 14.5. The molecule has 2 aromatic heterocycles. The van der Waals surface area contributed by atoms with Crippen LogP contribution in [0.4, 0.5) is 14.7 Å². The Hall–Kier alpha value is -3.22. The summed E-state index contributed by atoms with van der Waals surface area (Å²) in [5, 5.41) is 0. The molecule has 1 aliphatic rings. The number of anilines is 1. The van der Waals surface area contributed by atoms with Crippen molar-refractivity contribution in [2.24, 2.45) is 0 Å². The van der Waals surface area contributed by atoms with E-state index in [0.29, 0.717) is 34.6 Å². The molecule has 4 rings (SSSR count). The van der Waals surface area contributed by atoms with Gasteiger partial charge in [0.05, 0.1) is 22.6 Å². The maximum absolute atomic E-state index is 13.9. The summed E-state index contributed by atoms with van der Waals surface area (Å²) in [5.41, 5.74) is 8.90. The fourth-order valence-corrected chi connectivity index (χ4v) is 3.68. The molecule has 0 saturated heterocycles. The Labute approximate surface area is 154 Å². The van der Waals surface area contributed by atoms with Gasteiger partial charge in [0.25, 0.3) is 0 Å². The summed E-state index contributed by atoms with van der Waals surface area (Å²) in [6.45, 7) is 1.73. The molecular weight excluding hydrogens is 350 g/mol. The number of aromatic nitrogens is 3. The molecular formula is C20H16F2N4O. The van der Waals surface area contributed by atoms with E-state index in [1.807, 2.05) is 0 Å². The summed E-state index contributed by atoms with van der Waals surface area (Å²) in [5.74, 6) is -1.31. The number of Topliss-reactive ketones (excluding diaryl/α,β-unsaturated/α-hetero) is 1. The van der Waals surface area contributed by atoms with Crippen molar-refractivity contribution in [1.82, 2.24) is 15.0 Å². The molecule has 2 heterocycles. The quantitative estimate of drug-likeness (QED) is 0.701. The van der Waals surface area contributed by atoms with Crippen LogP contribution in [-0.2, 0) is 6.42 Å². The topological polar surface area (TPSA) is 81.8 Å². The minimum atomic E-state index is -0.649. The standard InChI is InChI=1S/C20H16F2N4O/c1-10-19-16(26-20(23)24-10)7-11(8-17(19)27)13-6-5-12(21)9-14(13)15-3-2-4-18(22)25-15/h2-6,9,11H,7-8H2,1H3,(H2,23,24,26). The van der Waals surface area contributed by atoms with Crippen LogP contribution in [0.25, 0.3) is 11.3 Å². The van der Waals surface area contributed by atoms with Crippen LogP contribution in [0.5, 0.6) is 0 Å². The number of halogens is 2. The summed E-state index contributed by atoms with van der Waals surface area (Å²) in [6.07, 6.45) is 0.692. The van der Waals surface area contributed by atoms with Gasteiger partial charge in [-0.05, 0) is 49.1 Å². The Morgan fingerprint density at radius 2 is 1.89 bits per heavy atom. The Bertz CT molecular complexity index is 1070. The molecule has 1 atom stereocenters. The lowest BCUT2D eigenvalue weighted by molar-refractivity contribution is 0.0962. The number of hydrogen-bond donors (Lipinski definition) is 1. The summed E-state index contributed by atoms with van der Waals surface area (Å²) >= 11 is 0. The van der Waals surface area contributed by atoms with Gasteiger partial charge in [0, 0.05) is 12.0 Å². The van der Waals surface area contributed by atoms with E-state index in [2.05, 4.69) is 15.0 Å². The molecule has 7 heteroatoms. The predicted molar refractivity (Wildman–Crippen MR) is 96.2 cm³/mol. The lowest BCUT2D eigenvalue weighted by Crippen LogP contribution is -2.23. The fraction of sp³-hybridized carbons (Fsp3) is 0.200. The van der Waals surface area contributed by atoms with Gasteiger partial charge in [-0.15, -0.1) is 0 Å². The molecule has 2 N–H and O–H groups in total. The van der Waals surface area contributed by atoms with Crippen LogP contribution >= 0.6 is 0 Å². The highest BCUT2D eigenvalue weighted by Crippen LogP contribution is 2.37. The molecule has 136 valence electrons. The molecule has 3 aromatic rings. The van der Waals surface area contributed by atoms with Gasteiger partial charge >= 0.3 is 0 Å². The van der Waals surface area contributed by atoms with E-state index in [4.69, 9.17) is 5.73 Å². The normalized spacial score (nSPS) is 16.3. The summed E-state index contributed by atoms with van der Waals surface area (Å²) in [6, 6.07) is 8.63. The van der Waals surface area contributed by atoms with Crippen LogP contribution in [0.3, 0.4) is 0 Å². The number of fused-ring (bicyclic) bond motifs is 1. The van der Waals surface area contributed by atoms with E-state index in [9.17, 15) is 13.6 Å². The van der Waals surface area contributed by atoms with Crippen molar-refractivity contribution in [3.63, 3.8) is 0 Å². The van der Waals surface area contributed by atoms with Crippen molar-refractivity contribution in [1.29, 1.82) is 0 Å². The molecule has 0 spiro atoms. The molecule has 5 nitrogen and oxygen atoms in total. The minimum absolute atomic E-state index is 0.0822. The number of nitrogens with zero attached hydrogens (tertiary/aromatic N) is 3. The molecule has 0 amide bonds. The number of pyridine rings is 1. The Kier molecular flexibility index (Phi) is 4.14. The first kappa shape index (κ1) is 17.2. The molecule has 0 bridgehead atoms. The van der Waals surface area contributed by atoms with Crippen molar-refractivity contribution in [3.8, 4) is 11.3 Å². The number of rotatable bonds is 2. The molecule has 0 aliphatic heterocycles. The van der Waals surface area contributed by atoms with Crippen LogP contribution in [0.15, 0.2) is 36.4 Å². The number of hydrogen-bond acceptors (Lipinski definition) is 5. The second-order valence-corrected chi connectivity index (χ2v) is 6.59. The lowest BCUT2D eigenvalue weighted by atomic mass is 9.79. The highest BCUT2D eigenvalue weighted by Gasteiger charge is 2.31. The fourth-order valence-electron chi connectivity index (χ4n) is 3.68. The number of benzene rings is 1. The van der Waals surface area contributed by atoms with Crippen molar-refractivity contribution in [2.75, 3.05) is 5.73 Å².